The number of para-hydroxylation sites is 1. The van der Waals surface area contributed by atoms with Crippen LogP contribution in [0.1, 0.15) is 29.4 Å². The molecule has 0 bridgehead atoms. The normalized spacial score (nSPS) is 15.8. The molecule has 1 aliphatic heterocycles. The second-order valence-corrected chi connectivity index (χ2v) is 7.30. The fourth-order valence-electron chi connectivity index (χ4n) is 3.25. The van der Waals surface area contributed by atoms with Crippen molar-refractivity contribution < 1.29 is 19.5 Å². The van der Waals surface area contributed by atoms with Gasteiger partial charge in [-0.3, -0.25) is 19.3 Å². The summed E-state index contributed by atoms with van der Waals surface area (Å²) in [6.07, 6.45) is 2.57. The van der Waals surface area contributed by atoms with Gasteiger partial charge < -0.3 is 9.67 Å². The second-order valence-electron chi connectivity index (χ2n) is 6.31. The molecule has 0 aliphatic carbocycles. The number of rotatable bonds is 5. The number of carboxylic acids is 1. The van der Waals surface area contributed by atoms with Gasteiger partial charge >= 0.3 is 5.97 Å². The molecule has 2 aromatic rings. The molecule has 1 N–H and O–H groups in total. The van der Waals surface area contributed by atoms with Crippen molar-refractivity contribution in [2.45, 2.75) is 27.2 Å². The molecule has 7 heteroatoms. The zero-order chi connectivity index (χ0) is 19.7. The van der Waals surface area contributed by atoms with Crippen LogP contribution in [0.15, 0.2) is 35.2 Å². The number of hydrogen-bond acceptors (Lipinski definition) is 4. The summed E-state index contributed by atoms with van der Waals surface area (Å²) in [5.74, 6) is -1.78. The quantitative estimate of drug-likeness (QED) is 0.794. The molecule has 1 aromatic carbocycles. The number of aliphatic carboxylic acids is 1. The lowest BCUT2D eigenvalue weighted by atomic mass is 10.1. The number of imide groups is 1. The maximum absolute atomic E-state index is 12.4. The largest absolute Gasteiger partial charge is 0.480 e. The van der Waals surface area contributed by atoms with Crippen molar-refractivity contribution in [2.24, 2.45) is 0 Å². The van der Waals surface area contributed by atoms with Crippen LogP contribution in [0.4, 0.5) is 4.79 Å². The minimum atomic E-state index is -1.21. The molecular weight excluding hydrogens is 364 g/mol. The Balaban J connectivity index is 2.01. The first-order chi connectivity index (χ1) is 12.8. The number of nitrogens with zero attached hydrogens (tertiary/aromatic N) is 2. The van der Waals surface area contributed by atoms with Crippen LogP contribution in [0.2, 0.25) is 0 Å². The number of amides is 2. The number of aromatic nitrogens is 1. The molecule has 140 valence electrons. The lowest BCUT2D eigenvalue weighted by Gasteiger charge is -2.14. The first-order valence-corrected chi connectivity index (χ1v) is 9.39. The highest BCUT2D eigenvalue weighted by molar-refractivity contribution is 8.18. The maximum Gasteiger partial charge on any atom is 0.323 e. The van der Waals surface area contributed by atoms with Crippen molar-refractivity contribution in [2.75, 3.05) is 6.54 Å². The third-order valence-electron chi connectivity index (χ3n) is 4.54. The van der Waals surface area contributed by atoms with Crippen LogP contribution in [0, 0.1) is 13.8 Å². The zero-order valence-corrected chi connectivity index (χ0v) is 16.2. The van der Waals surface area contributed by atoms with E-state index in [2.05, 4.69) is 23.6 Å². The highest BCUT2D eigenvalue weighted by Gasteiger charge is 2.36. The zero-order valence-electron chi connectivity index (χ0n) is 15.4. The van der Waals surface area contributed by atoms with Gasteiger partial charge in [-0.25, -0.2) is 0 Å². The second kappa shape index (κ2) is 7.44. The van der Waals surface area contributed by atoms with Crippen molar-refractivity contribution in [3.05, 3.63) is 57.8 Å². The molecule has 6 nitrogen and oxygen atoms in total. The SMILES string of the molecule is CCc1ccccc1-n1c(C)cc(/C=C2\SC(=O)N(CC(=O)O)C2=O)c1C. The van der Waals surface area contributed by atoms with Gasteiger partial charge in [-0.05, 0) is 61.4 Å². The summed E-state index contributed by atoms with van der Waals surface area (Å²) in [7, 11) is 0. The van der Waals surface area contributed by atoms with E-state index in [1.807, 2.05) is 32.0 Å². The van der Waals surface area contributed by atoms with Crippen LogP contribution >= 0.6 is 11.8 Å². The fourth-order valence-corrected chi connectivity index (χ4v) is 4.07. The smallest absolute Gasteiger partial charge is 0.323 e. The van der Waals surface area contributed by atoms with E-state index in [1.54, 1.807) is 6.08 Å². The minimum Gasteiger partial charge on any atom is -0.480 e. The van der Waals surface area contributed by atoms with Crippen LogP contribution < -0.4 is 0 Å². The number of thioether (sulfide) groups is 1. The number of aryl methyl sites for hydroxylation is 2. The van der Waals surface area contributed by atoms with E-state index in [0.29, 0.717) is 0 Å². The number of hydrogen-bond donors (Lipinski definition) is 1. The predicted molar refractivity (Wildman–Crippen MR) is 105 cm³/mol. The maximum atomic E-state index is 12.4. The van der Waals surface area contributed by atoms with Gasteiger partial charge in [0, 0.05) is 17.1 Å². The van der Waals surface area contributed by atoms with Crippen LogP contribution in [0.25, 0.3) is 11.8 Å². The van der Waals surface area contributed by atoms with Gasteiger partial charge in [0.15, 0.2) is 0 Å². The number of carbonyl (C=O) groups excluding carboxylic acids is 2. The van der Waals surface area contributed by atoms with Crippen LogP contribution in [0.3, 0.4) is 0 Å². The Morgan fingerprint density at radius 2 is 1.93 bits per heavy atom. The molecule has 1 fully saturated rings. The van der Waals surface area contributed by atoms with Crippen molar-refractivity contribution in [1.82, 2.24) is 9.47 Å². The fraction of sp³-hybridized carbons (Fsp3) is 0.250. The number of benzene rings is 1. The molecule has 1 aromatic heterocycles. The predicted octanol–water partition coefficient (Wildman–Crippen LogP) is 3.78. The van der Waals surface area contributed by atoms with Gasteiger partial charge in [0.1, 0.15) is 6.54 Å². The highest BCUT2D eigenvalue weighted by Crippen LogP contribution is 2.33. The summed E-state index contributed by atoms with van der Waals surface area (Å²) in [6.45, 7) is 5.44. The summed E-state index contributed by atoms with van der Waals surface area (Å²) in [5.41, 5.74) is 5.11. The average molecular weight is 384 g/mol. The van der Waals surface area contributed by atoms with E-state index in [4.69, 9.17) is 5.11 Å². The highest BCUT2D eigenvalue weighted by atomic mass is 32.2. The van der Waals surface area contributed by atoms with E-state index in [9.17, 15) is 14.4 Å². The molecule has 2 amide bonds. The summed E-state index contributed by atoms with van der Waals surface area (Å²) in [5, 5.41) is 8.31. The molecule has 27 heavy (non-hydrogen) atoms. The monoisotopic (exact) mass is 384 g/mol. The van der Waals surface area contributed by atoms with Gasteiger partial charge in [0.2, 0.25) is 0 Å². The molecule has 1 aliphatic rings. The van der Waals surface area contributed by atoms with Gasteiger partial charge in [-0.2, -0.15) is 0 Å². The molecule has 0 spiro atoms. The molecule has 0 saturated carbocycles. The Hall–Kier alpha value is -2.80. The molecule has 0 radical (unpaired) electrons. The Kier molecular flexibility index (Phi) is 5.23. The summed E-state index contributed by atoms with van der Waals surface area (Å²) >= 11 is 0.772. The first kappa shape index (κ1) is 19.0. The Labute approximate surface area is 161 Å². The average Bonchev–Trinajstić information content (AvgIpc) is 3.05. The van der Waals surface area contributed by atoms with E-state index < -0.39 is 23.7 Å². The van der Waals surface area contributed by atoms with Gasteiger partial charge in [0.05, 0.1) is 4.91 Å². The van der Waals surface area contributed by atoms with E-state index >= 15 is 0 Å². The molecule has 1 saturated heterocycles. The van der Waals surface area contributed by atoms with Crippen molar-refractivity contribution >= 4 is 35.0 Å². The summed E-state index contributed by atoms with van der Waals surface area (Å²) < 4.78 is 2.13. The Morgan fingerprint density at radius 3 is 2.59 bits per heavy atom. The van der Waals surface area contributed by atoms with Crippen LogP contribution in [-0.4, -0.2) is 38.2 Å². The minimum absolute atomic E-state index is 0.241. The lowest BCUT2D eigenvalue weighted by Crippen LogP contribution is -2.33. The Bertz CT molecular complexity index is 974. The van der Waals surface area contributed by atoms with Crippen molar-refractivity contribution in [3.8, 4) is 5.69 Å². The molecule has 2 heterocycles. The molecule has 0 unspecified atom stereocenters. The standard InChI is InChI=1S/C20H20N2O4S/c1-4-14-7-5-6-8-16(14)22-12(2)9-15(13(22)3)10-17-19(25)21(11-18(23)24)20(26)27-17/h5-10H,4,11H2,1-3H3,(H,23,24)/b17-10-. The van der Waals surface area contributed by atoms with Crippen LogP contribution in [0.5, 0.6) is 0 Å². The van der Waals surface area contributed by atoms with Gasteiger partial charge in [-0.15, -0.1) is 0 Å². The lowest BCUT2D eigenvalue weighted by molar-refractivity contribution is -0.140. The summed E-state index contributed by atoms with van der Waals surface area (Å²) in [6, 6.07) is 10.1. The van der Waals surface area contributed by atoms with Crippen molar-refractivity contribution in [3.63, 3.8) is 0 Å². The van der Waals surface area contributed by atoms with E-state index in [0.717, 1.165) is 45.7 Å². The summed E-state index contributed by atoms with van der Waals surface area (Å²) in [4.78, 5) is 36.2. The first-order valence-electron chi connectivity index (χ1n) is 8.57. The topological polar surface area (TPSA) is 79.6 Å². The molecule has 0 atom stereocenters. The van der Waals surface area contributed by atoms with E-state index in [-0.39, 0.29) is 4.91 Å². The third-order valence-corrected chi connectivity index (χ3v) is 5.44. The Morgan fingerprint density at radius 1 is 1.22 bits per heavy atom. The van der Waals surface area contributed by atoms with E-state index in [1.165, 1.54) is 5.56 Å². The third kappa shape index (κ3) is 3.55. The molecule has 3 rings (SSSR count). The van der Waals surface area contributed by atoms with Crippen LogP contribution in [-0.2, 0) is 16.0 Å². The number of carboxylic acid groups (broad SMARTS) is 1. The van der Waals surface area contributed by atoms with Gasteiger partial charge in [-0.1, -0.05) is 25.1 Å². The molecular formula is C20H20N2O4S. The van der Waals surface area contributed by atoms with Crippen molar-refractivity contribution in [1.29, 1.82) is 0 Å². The number of carbonyl (C=O) groups is 3. The van der Waals surface area contributed by atoms with Gasteiger partial charge in [0.25, 0.3) is 11.1 Å².